The van der Waals surface area contributed by atoms with Crippen molar-refractivity contribution in [1.29, 1.82) is 0 Å². The lowest BCUT2D eigenvalue weighted by atomic mass is 9.92. The molecule has 0 aliphatic carbocycles. The average molecular weight is 333 g/mol. The van der Waals surface area contributed by atoms with Crippen molar-refractivity contribution >= 4 is 27.8 Å². The first kappa shape index (κ1) is 15.7. The second-order valence-electron chi connectivity index (χ2n) is 6.66. The van der Waals surface area contributed by atoms with Crippen LogP contribution in [0, 0.1) is 12.3 Å². The summed E-state index contributed by atoms with van der Waals surface area (Å²) in [5.41, 5.74) is 1.58. The number of para-hydroxylation sites is 1. The SMILES string of the molecule is C#CC1(O)CCN(C(=O)Cc2ccc3oc4ccccc4c3c2)CC1. The third-order valence-electron chi connectivity index (χ3n) is 5.01. The van der Waals surface area contributed by atoms with Crippen molar-refractivity contribution in [2.24, 2.45) is 0 Å². The number of benzene rings is 2. The predicted octanol–water partition coefficient (Wildman–Crippen LogP) is 3.12. The van der Waals surface area contributed by atoms with Gasteiger partial charge in [-0.15, -0.1) is 6.42 Å². The largest absolute Gasteiger partial charge is 0.456 e. The van der Waals surface area contributed by atoms with E-state index >= 15 is 0 Å². The molecular formula is C21H19NO3. The van der Waals surface area contributed by atoms with Gasteiger partial charge in [-0.1, -0.05) is 30.2 Å². The van der Waals surface area contributed by atoms with Gasteiger partial charge >= 0.3 is 0 Å². The minimum absolute atomic E-state index is 0.0613. The van der Waals surface area contributed by atoms with E-state index in [9.17, 15) is 9.90 Å². The number of nitrogens with zero attached hydrogens (tertiary/aromatic N) is 1. The molecule has 4 nitrogen and oxygen atoms in total. The number of amides is 1. The van der Waals surface area contributed by atoms with Crippen LogP contribution < -0.4 is 0 Å². The minimum Gasteiger partial charge on any atom is -0.456 e. The topological polar surface area (TPSA) is 53.7 Å². The molecule has 126 valence electrons. The molecule has 0 atom stereocenters. The Bertz CT molecular complexity index is 987. The Morgan fingerprint density at radius 3 is 2.64 bits per heavy atom. The molecule has 2 aromatic carbocycles. The molecule has 4 heteroatoms. The average Bonchev–Trinajstić information content (AvgIpc) is 3.00. The van der Waals surface area contributed by atoms with Crippen LogP contribution in [0.1, 0.15) is 18.4 Å². The Morgan fingerprint density at radius 2 is 1.88 bits per heavy atom. The molecule has 4 rings (SSSR count). The van der Waals surface area contributed by atoms with Crippen molar-refractivity contribution in [2.75, 3.05) is 13.1 Å². The van der Waals surface area contributed by atoms with Crippen LogP contribution >= 0.6 is 0 Å². The lowest BCUT2D eigenvalue weighted by Crippen LogP contribution is -2.46. The fourth-order valence-electron chi connectivity index (χ4n) is 3.44. The maximum Gasteiger partial charge on any atom is 0.226 e. The summed E-state index contributed by atoms with van der Waals surface area (Å²) < 4.78 is 5.82. The van der Waals surface area contributed by atoms with E-state index in [0.29, 0.717) is 32.4 Å². The molecule has 1 saturated heterocycles. The monoisotopic (exact) mass is 333 g/mol. The fraction of sp³-hybridized carbons (Fsp3) is 0.286. The second-order valence-corrected chi connectivity index (χ2v) is 6.66. The lowest BCUT2D eigenvalue weighted by molar-refractivity contribution is -0.133. The highest BCUT2D eigenvalue weighted by atomic mass is 16.3. The van der Waals surface area contributed by atoms with Crippen molar-refractivity contribution in [2.45, 2.75) is 24.9 Å². The number of carbonyl (C=O) groups is 1. The number of piperidine rings is 1. The van der Waals surface area contributed by atoms with Gasteiger partial charge < -0.3 is 14.4 Å². The van der Waals surface area contributed by atoms with Gasteiger partial charge in [-0.25, -0.2) is 0 Å². The number of likely N-dealkylation sites (tertiary alicyclic amines) is 1. The summed E-state index contributed by atoms with van der Waals surface area (Å²) >= 11 is 0. The first-order valence-corrected chi connectivity index (χ1v) is 8.46. The van der Waals surface area contributed by atoms with Crippen LogP contribution in [-0.4, -0.2) is 34.6 Å². The molecule has 1 fully saturated rings. The molecule has 1 N–H and O–H groups in total. The lowest BCUT2D eigenvalue weighted by Gasteiger charge is -2.35. The molecule has 1 amide bonds. The standard InChI is InChI=1S/C21H19NO3/c1-2-21(24)9-11-22(12-10-21)20(23)14-15-7-8-19-17(13-15)16-5-3-4-6-18(16)25-19/h1,3-8,13,24H,9-12,14H2. The molecule has 0 saturated carbocycles. The van der Waals surface area contributed by atoms with E-state index in [1.807, 2.05) is 42.5 Å². The predicted molar refractivity (Wildman–Crippen MR) is 97.0 cm³/mol. The summed E-state index contributed by atoms with van der Waals surface area (Å²) in [7, 11) is 0. The van der Waals surface area contributed by atoms with Gasteiger partial charge in [-0.05, 0) is 23.8 Å². The number of furan rings is 1. The zero-order chi connectivity index (χ0) is 17.4. The van der Waals surface area contributed by atoms with E-state index in [1.54, 1.807) is 4.90 Å². The van der Waals surface area contributed by atoms with Crippen LogP contribution in [0.5, 0.6) is 0 Å². The molecule has 1 aliphatic heterocycles. The Labute approximate surface area is 146 Å². The van der Waals surface area contributed by atoms with Crippen LogP contribution in [-0.2, 0) is 11.2 Å². The van der Waals surface area contributed by atoms with Crippen molar-refractivity contribution in [3.63, 3.8) is 0 Å². The number of hydrogen-bond donors (Lipinski definition) is 1. The van der Waals surface area contributed by atoms with Gasteiger partial charge in [0.05, 0.1) is 6.42 Å². The number of fused-ring (bicyclic) bond motifs is 3. The van der Waals surface area contributed by atoms with Gasteiger partial charge in [0.2, 0.25) is 5.91 Å². The Kier molecular flexibility index (Phi) is 3.74. The van der Waals surface area contributed by atoms with Crippen LogP contribution in [0.25, 0.3) is 21.9 Å². The molecule has 1 aromatic heterocycles. The second kappa shape index (κ2) is 5.94. The normalized spacial score (nSPS) is 16.9. The first-order chi connectivity index (χ1) is 12.1. The highest BCUT2D eigenvalue weighted by molar-refractivity contribution is 6.05. The van der Waals surface area contributed by atoms with Gasteiger partial charge in [0.25, 0.3) is 0 Å². The van der Waals surface area contributed by atoms with Crippen molar-refractivity contribution in [3.05, 3.63) is 48.0 Å². The van der Waals surface area contributed by atoms with Crippen molar-refractivity contribution < 1.29 is 14.3 Å². The molecule has 3 aromatic rings. The van der Waals surface area contributed by atoms with E-state index in [2.05, 4.69) is 5.92 Å². The van der Waals surface area contributed by atoms with Gasteiger partial charge in [-0.3, -0.25) is 4.79 Å². The summed E-state index contributed by atoms with van der Waals surface area (Å²) in [6.45, 7) is 0.993. The first-order valence-electron chi connectivity index (χ1n) is 8.46. The smallest absolute Gasteiger partial charge is 0.226 e. The maximum atomic E-state index is 12.6. The number of carbonyl (C=O) groups excluding carboxylic acids is 1. The summed E-state index contributed by atoms with van der Waals surface area (Å²) in [5, 5.41) is 12.2. The van der Waals surface area contributed by atoms with Crippen molar-refractivity contribution in [1.82, 2.24) is 4.90 Å². The van der Waals surface area contributed by atoms with E-state index in [1.165, 1.54) is 0 Å². The zero-order valence-corrected chi connectivity index (χ0v) is 13.9. The van der Waals surface area contributed by atoms with Crippen molar-refractivity contribution in [3.8, 4) is 12.3 Å². The molecule has 2 heterocycles. The summed E-state index contributed by atoms with van der Waals surface area (Å²) in [4.78, 5) is 14.4. The van der Waals surface area contributed by atoms with Crippen LogP contribution in [0.3, 0.4) is 0 Å². The van der Waals surface area contributed by atoms with Gasteiger partial charge in [0.15, 0.2) is 0 Å². The van der Waals surface area contributed by atoms with E-state index in [4.69, 9.17) is 10.8 Å². The van der Waals surface area contributed by atoms with Gasteiger partial charge in [0, 0.05) is 36.7 Å². The van der Waals surface area contributed by atoms with Gasteiger partial charge in [-0.2, -0.15) is 0 Å². The van der Waals surface area contributed by atoms with Crippen LogP contribution in [0.2, 0.25) is 0 Å². The Balaban J connectivity index is 1.54. The molecule has 0 unspecified atom stereocenters. The molecule has 1 aliphatic rings. The fourth-order valence-corrected chi connectivity index (χ4v) is 3.44. The van der Waals surface area contributed by atoms with Gasteiger partial charge in [0.1, 0.15) is 16.8 Å². The number of terminal acetylenes is 1. The summed E-state index contributed by atoms with van der Waals surface area (Å²) in [5.74, 6) is 2.49. The zero-order valence-electron chi connectivity index (χ0n) is 13.9. The highest BCUT2D eigenvalue weighted by Crippen LogP contribution is 2.29. The number of rotatable bonds is 2. The highest BCUT2D eigenvalue weighted by Gasteiger charge is 2.31. The molecule has 0 bridgehead atoms. The molecule has 0 radical (unpaired) electrons. The van der Waals surface area contributed by atoms with E-state index in [0.717, 1.165) is 27.5 Å². The minimum atomic E-state index is -1.06. The molecule has 25 heavy (non-hydrogen) atoms. The van der Waals surface area contributed by atoms with Crippen LogP contribution in [0.4, 0.5) is 0 Å². The number of aliphatic hydroxyl groups is 1. The molecular weight excluding hydrogens is 314 g/mol. The summed E-state index contributed by atoms with van der Waals surface area (Å²) in [6.07, 6.45) is 6.56. The number of hydrogen-bond acceptors (Lipinski definition) is 3. The summed E-state index contributed by atoms with van der Waals surface area (Å²) in [6, 6.07) is 13.8. The van der Waals surface area contributed by atoms with E-state index in [-0.39, 0.29) is 5.91 Å². The maximum absolute atomic E-state index is 12.6. The Morgan fingerprint density at radius 1 is 1.16 bits per heavy atom. The Hall–Kier alpha value is -2.77. The molecule has 0 spiro atoms. The third kappa shape index (κ3) is 2.88. The van der Waals surface area contributed by atoms with E-state index < -0.39 is 5.60 Å². The van der Waals surface area contributed by atoms with Crippen LogP contribution in [0.15, 0.2) is 46.9 Å². The quantitative estimate of drug-likeness (QED) is 0.733. The third-order valence-corrected chi connectivity index (χ3v) is 5.01.